The second-order valence-electron chi connectivity index (χ2n) is 3.30. The van der Waals surface area contributed by atoms with Gasteiger partial charge in [0, 0.05) is 13.1 Å². The third-order valence-corrected chi connectivity index (χ3v) is 1.96. The predicted octanol–water partition coefficient (Wildman–Crippen LogP) is 0.481. The highest BCUT2D eigenvalue weighted by Gasteiger charge is 2.00. The van der Waals surface area contributed by atoms with E-state index in [1.807, 2.05) is 14.0 Å². The van der Waals surface area contributed by atoms with Crippen LogP contribution < -0.4 is 5.32 Å². The quantitative estimate of drug-likeness (QED) is 0.582. The smallest absolute Gasteiger partial charge is 0.245 e. The van der Waals surface area contributed by atoms with E-state index in [0.717, 1.165) is 26.1 Å². The number of hydrogen-bond donors (Lipinski definition) is 1. The maximum atomic E-state index is 11.1. The molecule has 0 saturated carbocycles. The molecule has 0 aromatic heterocycles. The number of hydrogen-bond acceptors (Lipinski definition) is 3. The molecule has 1 N–H and O–H groups in total. The van der Waals surface area contributed by atoms with Gasteiger partial charge in [-0.2, -0.15) is 0 Å². The molecule has 0 saturated heterocycles. The van der Waals surface area contributed by atoms with Crippen molar-refractivity contribution in [3.8, 4) is 0 Å². The van der Waals surface area contributed by atoms with Crippen molar-refractivity contribution in [2.24, 2.45) is 0 Å². The maximum absolute atomic E-state index is 11.1. The van der Waals surface area contributed by atoms with Gasteiger partial charge in [0.05, 0.1) is 6.61 Å². The van der Waals surface area contributed by atoms with Crippen LogP contribution >= 0.6 is 0 Å². The van der Waals surface area contributed by atoms with Crippen LogP contribution in [-0.4, -0.2) is 50.7 Å². The van der Waals surface area contributed by atoms with Gasteiger partial charge in [-0.05, 0) is 20.0 Å². The highest BCUT2D eigenvalue weighted by molar-refractivity contribution is 5.77. The van der Waals surface area contributed by atoms with Gasteiger partial charge in [-0.1, -0.05) is 13.8 Å². The van der Waals surface area contributed by atoms with Crippen molar-refractivity contribution in [2.75, 3.05) is 39.9 Å². The third-order valence-electron chi connectivity index (χ3n) is 1.96. The number of carbonyl (C=O) groups is 1. The highest BCUT2D eigenvalue weighted by atomic mass is 16.5. The van der Waals surface area contributed by atoms with Crippen LogP contribution in [0.4, 0.5) is 0 Å². The number of likely N-dealkylation sites (N-methyl/N-ethyl adjacent to an activating group) is 1. The Morgan fingerprint density at radius 2 is 2.14 bits per heavy atom. The molecule has 4 nitrogen and oxygen atoms in total. The Kier molecular flexibility index (Phi) is 8.57. The Bertz CT molecular complexity index is 151. The molecule has 1 amide bonds. The molecule has 14 heavy (non-hydrogen) atoms. The summed E-state index contributed by atoms with van der Waals surface area (Å²) in [5, 5.41) is 2.76. The lowest BCUT2D eigenvalue weighted by Gasteiger charge is -2.13. The van der Waals surface area contributed by atoms with Crippen LogP contribution in [0.25, 0.3) is 0 Å². The van der Waals surface area contributed by atoms with E-state index in [1.54, 1.807) is 0 Å². The van der Waals surface area contributed by atoms with Crippen LogP contribution in [0.5, 0.6) is 0 Å². The fourth-order valence-corrected chi connectivity index (χ4v) is 0.859. The van der Waals surface area contributed by atoms with Crippen molar-refractivity contribution in [1.29, 1.82) is 0 Å². The average molecular weight is 202 g/mol. The molecule has 0 bridgehead atoms. The zero-order valence-electron chi connectivity index (χ0n) is 9.51. The second-order valence-corrected chi connectivity index (χ2v) is 3.30. The number of nitrogens with one attached hydrogen (secondary N) is 1. The summed E-state index contributed by atoms with van der Waals surface area (Å²) in [6.07, 6.45) is 0.963. The summed E-state index contributed by atoms with van der Waals surface area (Å²) < 4.78 is 5.21. The summed E-state index contributed by atoms with van der Waals surface area (Å²) in [6.45, 7) is 7.52. The normalized spacial score (nSPS) is 10.6. The molecular weight excluding hydrogens is 180 g/mol. The summed E-state index contributed by atoms with van der Waals surface area (Å²) in [4.78, 5) is 13.2. The maximum Gasteiger partial charge on any atom is 0.245 e. The van der Waals surface area contributed by atoms with Crippen LogP contribution in [0.3, 0.4) is 0 Å². The molecule has 0 aliphatic carbocycles. The average Bonchev–Trinajstić information content (AvgIpc) is 2.21. The first-order chi connectivity index (χ1) is 6.70. The van der Waals surface area contributed by atoms with Gasteiger partial charge in [0.1, 0.15) is 6.61 Å². The molecule has 0 unspecified atom stereocenters. The first-order valence-corrected chi connectivity index (χ1v) is 5.23. The van der Waals surface area contributed by atoms with Crippen molar-refractivity contribution in [1.82, 2.24) is 10.2 Å². The minimum atomic E-state index is -0.0222. The predicted molar refractivity (Wildman–Crippen MR) is 57.3 cm³/mol. The zero-order valence-corrected chi connectivity index (χ0v) is 9.51. The van der Waals surface area contributed by atoms with Gasteiger partial charge in [-0.25, -0.2) is 0 Å². The highest BCUT2D eigenvalue weighted by Crippen LogP contribution is 1.82. The lowest BCUT2D eigenvalue weighted by molar-refractivity contribution is -0.125. The van der Waals surface area contributed by atoms with E-state index < -0.39 is 0 Å². The number of nitrogens with zero attached hydrogens (tertiary/aromatic N) is 1. The summed E-state index contributed by atoms with van der Waals surface area (Å²) in [5.74, 6) is -0.0222. The Morgan fingerprint density at radius 1 is 1.43 bits per heavy atom. The number of rotatable bonds is 8. The van der Waals surface area contributed by atoms with Crippen molar-refractivity contribution >= 4 is 5.91 Å². The van der Waals surface area contributed by atoms with Gasteiger partial charge >= 0.3 is 0 Å². The van der Waals surface area contributed by atoms with E-state index in [9.17, 15) is 4.79 Å². The molecule has 0 spiro atoms. The molecule has 0 aliphatic rings. The van der Waals surface area contributed by atoms with Gasteiger partial charge in [0.25, 0.3) is 0 Å². The molecular formula is C10H22N2O2. The summed E-state index contributed by atoms with van der Waals surface area (Å²) in [5.41, 5.74) is 0. The van der Waals surface area contributed by atoms with Crippen molar-refractivity contribution < 1.29 is 9.53 Å². The molecule has 0 rings (SSSR count). The summed E-state index contributed by atoms with van der Waals surface area (Å²) in [6, 6.07) is 0. The van der Waals surface area contributed by atoms with Crippen molar-refractivity contribution in [3.63, 3.8) is 0 Å². The summed E-state index contributed by atoms with van der Waals surface area (Å²) in [7, 11) is 2.03. The fourth-order valence-electron chi connectivity index (χ4n) is 0.859. The second kappa shape index (κ2) is 8.97. The molecule has 0 atom stereocenters. The molecule has 0 aromatic carbocycles. The standard InChI is InChI=1S/C10H22N2O2/c1-4-6-11-10(13)9-14-8-7-12(3)5-2/h4-9H2,1-3H3,(H,11,13). The van der Waals surface area contributed by atoms with Gasteiger partial charge in [0.2, 0.25) is 5.91 Å². The third kappa shape index (κ3) is 8.01. The number of ether oxygens (including phenoxy) is 1. The van der Waals surface area contributed by atoms with Gasteiger partial charge < -0.3 is 15.0 Å². The zero-order chi connectivity index (χ0) is 10.8. The molecule has 0 heterocycles. The topological polar surface area (TPSA) is 41.6 Å². The molecule has 4 heteroatoms. The molecule has 0 fully saturated rings. The minimum Gasteiger partial charge on any atom is -0.370 e. The molecule has 0 aliphatic heterocycles. The largest absolute Gasteiger partial charge is 0.370 e. The van der Waals surface area contributed by atoms with Crippen molar-refractivity contribution in [3.05, 3.63) is 0 Å². The first kappa shape index (κ1) is 13.4. The number of amides is 1. The molecule has 0 radical (unpaired) electrons. The van der Waals surface area contributed by atoms with Crippen LogP contribution in [0.1, 0.15) is 20.3 Å². The van der Waals surface area contributed by atoms with Gasteiger partial charge in [0.15, 0.2) is 0 Å². The molecule has 0 aromatic rings. The van der Waals surface area contributed by atoms with E-state index >= 15 is 0 Å². The molecule has 84 valence electrons. The van der Waals surface area contributed by atoms with Crippen molar-refractivity contribution in [2.45, 2.75) is 20.3 Å². The van der Waals surface area contributed by atoms with E-state index in [2.05, 4.69) is 17.1 Å². The monoisotopic (exact) mass is 202 g/mol. The minimum absolute atomic E-state index is 0.0222. The van der Waals surface area contributed by atoms with Crippen LogP contribution in [0.15, 0.2) is 0 Å². The SMILES string of the molecule is CCCNC(=O)COCCN(C)CC. The van der Waals surface area contributed by atoms with Gasteiger partial charge in [-0.3, -0.25) is 4.79 Å². The Balaban J connectivity index is 3.22. The lowest BCUT2D eigenvalue weighted by Crippen LogP contribution is -2.30. The van der Waals surface area contributed by atoms with E-state index in [-0.39, 0.29) is 12.5 Å². The lowest BCUT2D eigenvalue weighted by atomic mass is 10.5. The van der Waals surface area contributed by atoms with Crippen LogP contribution in [-0.2, 0) is 9.53 Å². The Labute approximate surface area is 86.6 Å². The van der Waals surface area contributed by atoms with Crippen LogP contribution in [0, 0.1) is 0 Å². The van der Waals surface area contributed by atoms with Crippen LogP contribution in [0.2, 0.25) is 0 Å². The Morgan fingerprint density at radius 3 is 2.71 bits per heavy atom. The van der Waals surface area contributed by atoms with E-state index in [4.69, 9.17) is 4.74 Å². The first-order valence-electron chi connectivity index (χ1n) is 5.23. The Hall–Kier alpha value is -0.610. The number of carbonyl (C=O) groups excluding carboxylic acids is 1. The van der Waals surface area contributed by atoms with E-state index in [0.29, 0.717) is 6.61 Å². The summed E-state index contributed by atoms with van der Waals surface area (Å²) >= 11 is 0. The van der Waals surface area contributed by atoms with E-state index in [1.165, 1.54) is 0 Å². The van der Waals surface area contributed by atoms with Gasteiger partial charge in [-0.15, -0.1) is 0 Å². The fraction of sp³-hybridized carbons (Fsp3) is 0.900.